The fourth-order valence-electron chi connectivity index (χ4n) is 4.62. The first-order valence-electron chi connectivity index (χ1n) is 8.99. The molecule has 0 bridgehead atoms. The summed E-state index contributed by atoms with van der Waals surface area (Å²) in [5.41, 5.74) is 1.30. The van der Waals surface area contributed by atoms with E-state index in [1.807, 2.05) is 17.0 Å². The predicted octanol–water partition coefficient (Wildman–Crippen LogP) is 3.20. The lowest BCUT2D eigenvalue weighted by atomic mass is 9.81. The van der Waals surface area contributed by atoms with Gasteiger partial charge in [-0.25, -0.2) is 0 Å². The number of halogens is 1. The van der Waals surface area contributed by atoms with Gasteiger partial charge in [0.1, 0.15) is 12.6 Å². The van der Waals surface area contributed by atoms with Crippen LogP contribution in [0, 0.1) is 0 Å². The van der Waals surface area contributed by atoms with Gasteiger partial charge < -0.3 is 9.80 Å². The van der Waals surface area contributed by atoms with Crippen molar-refractivity contribution in [2.75, 3.05) is 13.1 Å². The first-order valence-corrected chi connectivity index (χ1v) is 9.36. The second-order valence-corrected chi connectivity index (χ2v) is 7.71. The Bertz CT molecular complexity index is 655. The third-order valence-electron chi connectivity index (χ3n) is 5.90. The number of fused-ring (bicyclic) bond motifs is 1. The van der Waals surface area contributed by atoms with E-state index in [0.717, 1.165) is 50.1 Å². The van der Waals surface area contributed by atoms with E-state index in [1.54, 1.807) is 4.90 Å². The van der Waals surface area contributed by atoms with Crippen molar-refractivity contribution in [3.8, 4) is 0 Å². The molecule has 4 nitrogen and oxygen atoms in total. The minimum atomic E-state index is -0.183. The average molecular weight is 347 g/mol. The quantitative estimate of drug-likeness (QED) is 0.825. The highest BCUT2D eigenvalue weighted by molar-refractivity contribution is 6.30. The van der Waals surface area contributed by atoms with Gasteiger partial charge >= 0.3 is 0 Å². The van der Waals surface area contributed by atoms with E-state index < -0.39 is 0 Å². The molecule has 2 saturated heterocycles. The molecule has 1 aromatic rings. The highest BCUT2D eigenvalue weighted by atomic mass is 35.5. The molecule has 2 amide bonds. The van der Waals surface area contributed by atoms with Gasteiger partial charge in [-0.3, -0.25) is 9.59 Å². The van der Waals surface area contributed by atoms with Crippen molar-refractivity contribution in [1.29, 1.82) is 0 Å². The van der Waals surface area contributed by atoms with Crippen LogP contribution in [0.3, 0.4) is 0 Å². The van der Waals surface area contributed by atoms with E-state index in [1.165, 1.54) is 5.56 Å². The third kappa shape index (κ3) is 2.81. The Morgan fingerprint density at radius 1 is 1.00 bits per heavy atom. The van der Waals surface area contributed by atoms with Crippen LogP contribution in [-0.4, -0.2) is 46.8 Å². The van der Waals surface area contributed by atoms with E-state index in [2.05, 4.69) is 12.1 Å². The van der Waals surface area contributed by atoms with Crippen molar-refractivity contribution in [3.63, 3.8) is 0 Å². The van der Waals surface area contributed by atoms with Crippen molar-refractivity contribution < 1.29 is 9.59 Å². The summed E-state index contributed by atoms with van der Waals surface area (Å²) in [7, 11) is 0. The molecule has 0 N–H and O–H groups in total. The smallest absolute Gasteiger partial charge is 0.246 e. The first kappa shape index (κ1) is 15.9. The Morgan fingerprint density at radius 3 is 2.54 bits per heavy atom. The summed E-state index contributed by atoms with van der Waals surface area (Å²) in [4.78, 5) is 28.7. The molecule has 3 fully saturated rings. The Balaban J connectivity index is 1.42. The molecular formula is C19H23ClN2O2. The van der Waals surface area contributed by atoms with E-state index >= 15 is 0 Å². The van der Waals surface area contributed by atoms with E-state index in [-0.39, 0.29) is 30.4 Å². The minimum Gasteiger partial charge on any atom is -0.329 e. The maximum atomic E-state index is 12.8. The molecule has 4 rings (SSSR count). The Kier molecular flexibility index (Phi) is 4.25. The lowest BCUT2D eigenvalue weighted by Gasteiger charge is -2.43. The van der Waals surface area contributed by atoms with Gasteiger partial charge in [-0.1, -0.05) is 23.7 Å². The van der Waals surface area contributed by atoms with Crippen LogP contribution in [0.2, 0.25) is 5.02 Å². The van der Waals surface area contributed by atoms with Crippen LogP contribution in [0.15, 0.2) is 24.3 Å². The molecule has 2 aliphatic heterocycles. The molecule has 2 heterocycles. The summed E-state index contributed by atoms with van der Waals surface area (Å²) < 4.78 is 0. The second kappa shape index (κ2) is 6.40. The van der Waals surface area contributed by atoms with Gasteiger partial charge in [-0.15, -0.1) is 0 Å². The zero-order valence-corrected chi connectivity index (χ0v) is 14.5. The topological polar surface area (TPSA) is 40.6 Å². The van der Waals surface area contributed by atoms with Crippen LogP contribution in [-0.2, 0) is 9.59 Å². The standard InChI is InChI=1S/C19H23ClN2O2/c20-15-4-1-3-14(11-15)13-6-8-16(9-7-13)22-12-18(23)21-10-2-5-17(21)19(22)24/h1,3-4,11,13,16-17H,2,5-10,12H2/t13-,16+,17-/m0/s1. The lowest BCUT2D eigenvalue weighted by molar-refractivity contribution is -0.156. The zero-order valence-electron chi connectivity index (χ0n) is 13.8. The monoisotopic (exact) mass is 346 g/mol. The molecule has 1 aromatic carbocycles. The number of piperazine rings is 1. The maximum absolute atomic E-state index is 12.8. The van der Waals surface area contributed by atoms with Crippen LogP contribution in [0.4, 0.5) is 0 Å². The van der Waals surface area contributed by atoms with Gasteiger partial charge in [0.05, 0.1) is 0 Å². The Morgan fingerprint density at radius 2 is 1.79 bits per heavy atom. The molecular weight excluding hydrogens is 324 g/mol. The van der Waals surface area contributed by atoms with Crippen LogP contribution >= 0.6 is 11.6 Å². The number of nitrogens with zero attached hydrogens (tertiary/aromatic N) is 2. The van der Waals surface area contributed by atoms with Crippen molar-refractivity contribution >= 4 is 23.4 Å². The highest BCUT2D eigenvalue weighted by Gasteiger charge is 2.44. The number of rotatable bonds is 2. The molecule has 0 unspecified atom stereocenters. The SMILES string of the molecule is O=C1CN([C@H]2CC[C@@H](c3cccc(Cl)c3)CC2)C(=O)[C@@H]2CCCN12. The average Bonchev–Trinajstić information content (AvgIpc) is 3.09. The fraction of sp³-hybridized carbons (Fsp3) is 0.579. The van der Waals surface area contributed by atoms with Crippen molar-refractivity contribution in [1.82, 2.24) is 9.80 Å². The highest BCUT2D eigenvalue weighted by Crippen LogP contribution is 2.37. The number of carbonyl (C=O) groups is 2. The van der Waals surface area contributed by atoms with Crippen LogP contribution in [0.1, 0.15) is 50.0 Å². The van der Waals surface area contributed by atoms with Crippen molar-refractivity contribution in [2.45, 2.75) is 56.5 Å². The fourth-order valence-corrected chi connectivity index (χ4v) is 4.82. The summed E-state index contributed by atoms with van der Waals surface area (Å²) in [5.74, 6) is 0.825. The largest absolute Gasteiger partial charge is 0.329 e. The van der Waals surface area contributed by atoms with E-state index in [9.17, 15) is 9.59 Å². The van der Waals surface area contributed by atoms with Gasteiger partial charge in [0.15, 0.2) is 0 Å². The second-order valence-electron chi connectivity index (χ2n) is 7.27. The molecule has 5 heteroatoms. The van der Waals surface area contributed by atoms with Crippen LogP contribution in [0.5, 0.6) is 0 Å². The summed E-state index contributed by atoms with van der Waals surface area (Å²) in [6.07, 6.45) is 5.84. The summed E-state index contributed by atoms with van der Waals surface area (Å²) in [6, 6.07) is 8.14. The van der Waals surface area contributed by atoms with Gasteiger partial charge in [0.25, 0.3) is 0 Å². The zero-order chi connectivity index (χ0) is 16.7. The molecule has 3 aliphatic rings. The van der Waals surface area contributed by atoms with Gasteiger partial charge in [-0.05, 0) is 62.1 Å². The van der Waals surface area contributed by atoms with Gasteiger partial charge in [0.2, 0.25) is 11.8 Å². The Hall–Kier alpha value is -1.55. The molecule has 0 spiro atoms. The van der Waals surface area contributed by atoms with Crippen LogP contribution in [0.25, 0.3) is 0 Å². The lowest BCUT2D eigenvalue weighted by Crippen LogP contribution is -2.60. The molecule has 1 saturated carbocycles. The maximum Gasteiger partial charge on any atom is 0.246 e. The van der Waals surface area contributed by atoms with Gasteiger partial charge in [-0.2, -0.15) is 0 Å². The normalized spacial score (nSPS) is 30.6. The molecule has 1 atom stereocenters. The summed E-state index contributed by atoms with van der Waals surface area (Å²) in [5, 5.41) is 0.785. The summed E-state index contributed by atoms with van der Waals surface area (Å²) in [6.45, 7) is 1.03. The molecule has 0 radical (unpaired) electrons. The first-order chi connectivity index (χ1) is 11.6. The number of amides is 2. The van der Waals surface area contributed by atoms with E-state index in [4.69, 9.17) is 11.6 Å². The summed E-state index contributed by atoms with van der Waals surface area (Å²) >= 11 is 6.11. The molecule has 1 aliphatic carbocycles. The number of hydrogen-bond acceptors (Lipinski definition) is 2. The number of carbonyl (C=O) groups excluding carboxylic acids is 2. The van der Waals surface area contributed by atoms with Crippen molar-refractivity contribution in [2.24, 2.45) is 0 Å². The Labute approximate surface area is 147 Å². The predicted molar refractivity (Wildman–Crippen MR) is 92.9 cm³/mol. The molecule has 24 heavy (non-hydrogen) atoms. The third-order valence-corrected chi connectivity index (χ3v) is 6.14. The van der Waals surface area contributed by atoms with Gasteiger partial charge in [0, 0.05) is 17.6 Å². The number of hydrogen-bond donors (Lipinski definition) is 0. The molecule has 0 aromatic heterocycles. The molecule has 128 valence electrons. The van der Waals surface area contributed by atoms with Crippen molar-refractivity contribution in [3.05, 3.63) is 34.9 Å². The van der Waals surface area contributed by atoms with Crippen LogP contribution < -0.4 is 0 Å². The van der Waals surface area contributed by atoms with E-state index in [0.29, 0.717) is 5.92 Å². The number of benzene rings is 1. The minimum absolute atomic E-state index is 0.133.